The molecule has 0 spiro atoms. The topological polar surface area (TPSA) is 62.2 Å². The van der Waals surface area contributed by atoms with Crippen LogP contribution < -0.4 is 10.6 Å². The predicted molar refractivity (Wildman–Crippen MR) is 75.5 cm³/mol. The second kappa shape index (κ2) is 6.99. The zero-order chi connectivity index (χ0) is 16.2. The van der Waals surface area contributed by atoms with E-state index in [0.717, 1.165) is 0 Å². The molecule has 1 saturated heterocycles. The number of hydrogen-bond donors (Lipinski definition) is 2. The summed E-state index contributed by atoms with van der Waals surface area (Å²) in [5.41, 5.74) is 0.587. The number of carbonyl (C=O) groups is 1. The molecule has 1 aromatic rings. The zero-order valence-electron chi connectivity index (χ0n) is 12.4. The van der Waals surface area contributed by atoms with Gasteiger partial charge in [-0.1, -0.05) is 0 Å². The van der Waals surface area contributed by atoms with Gasteiger partial charge in [-0.25, -0.2) is 4.79 Å². The molecule has 0 saturated carbocycles. The van der Waals surface area contributed by atoms with Gasteiger partial charge in [-0.3, -0.25) is 9.58 Å². The number of alkyl halides is 3. The van der Waals surface area contributed by atoms with Crippen LogP contribution in [0, 0.1) is 5.92 Å². The molecule has 1 fully saturated rings. The van der Waals surface area contributed by atoms with E-state index >= 15 is 0 Å². The molecule has 0 aromatic carbocycles. The summed E-state index contributed by atoms with van der Waals surface area (Å²) in [6.07, 6.45) is -0.257. The highest BCUT2D eigenvalue weighted by molar-refractivity contribution is 5.88. The molecule has 1 atom stereocenters. The number of aryl methyl sites for hydroxylation is 1. The van der Waals surface area contributed by atoms with E-state index < -0.39 is 12.7 Å². The highest BCUT2D eigenvalue weighted by Gasteiger charge is 2.34. The number of nitrogens with one attached hydrogen (secondary N) is 2. The summed E-state index contributed by atoms with van der Waals surface area (Å²) in [6, 6.07) is -0.370. The molecule has 0 aliphatic carbocycles. The molecule has 22 heavy (non-hydrogen) atoms. The first kappa shape index (κ1) is 16.6. The molecular weight excluding hydrogens is 299 g/mol. The highest BCUT2D eigenvalue weighted by atomic mass is 19.4. The van der Waals surface area contributed by atoms with Crippen molar-refractivity contribution in [2.45, 2.75) is 26.1 Å². The lowest BCUT2D eigenvalue weighted by Crippen LogP contribution is -2.36. The van der Waals surface area contributed by atoms with E-state index in [1.165, 1.54) is 4.90 Å². The van der Waals surface area contributed by atoms with Crippen LogP contribution in [0.3, 0.4) is 0 Å². The van der Waals surface area contributed by atoms with Crippen LogP contribution in [0.25, 0.3) is 0 Å². The number of aromatic nitrogens is 2. The van der Waals surface area contributed by atoms with Crippen molar-refractivity contribution in [3.63, 3.8) is 0 Å². The maximum absolute atomic E-state index is 12.3. The number of amides is 2. The van der Waals surface area contributed by atoms with Crippen molar-refractivity contribution in [2.75, 3.05) is 31.5 Å². The van der Waals surface area contributed by atoms with Crippen LogP contribution >= 0.6 is 0 Å². The Balaban J connectivity index is 1.69. The van der Waals surface area contributed by atoms with E-state index in [1.807, 2.05) is 6.92 Å². The summed E-state index contributed by atoms with van der Waals surface area (Å²) < 4.78 is 38.6. The van der Waals surface area contributed by atoms with E-state index in [-0.39, 0.29) is 11.9 Å². The molecule has 2 heterocycles. The first-order valence-electron chi connectivity index (χ1n) is 7.22. The predicted octanol–water partition coefficient (Wildman–Crippen LogP) is 1.91. The Kier molecular flexibility index (Phi) is 5.28. The monoisotopic (exact) mass is 319 g/mol. The van der Waals surface area contributed by atoms with Gasteiger partial charge in [0.15, 0.2) is 0 Å². The molecule has 2 N–H and O–H groups in total. The molecule has 0 unspecified atom stereocenters. The van der Waals surface area contributed by atoms with E-state index in [1.54, 1.807) is 17.1 Å². The summed E-state index contributed by atoms with van der Waals surface area (Å²) in [4.78, 5) is 13.1. The maximum Gasteiger partial charge on any atom is 0.401 e. The van der Waals surface area contributed by atoms with Gasteiger partial charge < -0.3 is 10.6 Å². The number of rotatable bonds is 5. The van der Waals surface area contributed by atoms with Gasteiger partial charge in [0.25, 0.3) is 0 Å². The van der Waals surface area contributed by atoms with Gasteiger partial charge in [0, 0.05) is 25.8 Å². The lowest BCUT2D eigenvalue weighted by Gasteiger charge is -2.18. The van der Waals surface area contributed by atoms with Gasteiger partial charge >= 0.3 is 12.2 Å². The molecule has 1 aromatic heterocycles. The molecule has 2 amide bonds. The van der Waals surface area contributed by atoms with Crippen LogP contribution in [0.15, 0.2) is 12.4 Å². The second-order valence-corrected chi connectivity index (χ2v) is 5.42. The molecule has 6 nitrogen and oxygen atoms in total. The van der Waals surface area contributed by atoms with Crippen LogP contribution in [-0.4, -0.2) is 53.1 Å². The van der Waals surface area contributed by atoms with Crippen LogP contribution in [0.1, 0.15) is 13.3 Å². The minimum Gasteiger partial charge on any atom is -0.338 e. The standard InChI is InChI=1S/C13H20F3N5O/c1-2-21-8-11(6-18-21)19-12(22)17-5-10-3-4-20(7-10)9-13(14,15)16/h6,8,10H,2-5,7,9H2,1H3,(H2,17,19,22)/t10-/m0/s1. The van der Waals surface area contributed by atoms with Crippen molar-refractivity contribution in [3.05, 3.63) is 12.4 Å². The number of likely N-dealkylation sites (tertiary alicyclic amines) is 1. The SMILES string of the molecule is CCn1cc(NC(=O)NC[C@@H]2CCN(CC(F)(F)F)C2)cn1. The third-order valence-electron chi connectivity index (χ3n) is 3.54. The van der Waals surface area contributed by atoms with Crippen molar-refractivity contribution < 1.29 is 18.0 Å². The normalized spacial score (nSPS) is 19.4. The minimum atomic E-state index is -4.17. The van der Waals surface area contributed by atoms with E-state index in [4.69, 9.17) is 0 Å². The average Bonchev–Trinajstić information content (AvgIpc) is 3.04. The van der Waals surface area contributed by atoms with Crippen molar-refractivity contribution >= 4 is 11.7 Å². The number of hydrogen-bond acceptors (Lipinski definition) is 3. The van der Waals surface area contributed by atoms with Crippen LogP contribution in [0.4, 0.5) is 23.7 Å². The quantitative estimate of drug-likeness (QED) is 0.871. The van der Waals surface area contributed by atoms with E-state index in [2.05, 4.69) is 15.7 Å². The van der Waals surface area contributed by atoms with Gasteiger partial charge in [0.2, 0.25) is 0 Å². The Morgan fingerprint density at radius 3 is 2.91 bits per heavy atom. The number of carbonyl (C=O) groups excluding carboxylic acids is 1. The number of anilines is 1. The van der Waals surface area contributed by atoms with Crippen molar-refractivity contribution in [1.82, 2.24) is 20.0 Å². The summed E-state index contributed by atoms with van der Waals surface area (Å²) >= 11 is 0. The first-order chi connectivity index (χ1) is 10.4. The molecule has 0 radical (unpaired) electrons. The molecule has 1 aliphatic rings. The summed E-state index contributed by atoms with van der Waals surface area (Å²) in [5, 5.41) is 9.36. The largest absolute Gasteiger partial charge is 0.401 e. The first-order valence-corrected chi connectivity index (χ1v) is 7.22. The van der Waals surface area contributed by atoms with E-state index in [0.29, 0.717) is 38.3 Å². The summed E-state index contributed by atoms with van der Waals surface area (Å²) in [6.45, 7) is 2.89. The Morgan fingerprint density at radius 2 is 2.27 bits per heavy atom. The van der Waals surface area contributed by atoms with Crippen molar-refractivity contribution in [3.8, 4) is 0 Å². The second-order valence-electron chi connectivity index (χ2n) is 5.42. The van der Waals surface area contributed by atoms with E-state index in [9.17, 15) is 18.0 Å². The lowest BCUT2D eigenvalue weighted by atomic mass is 10.1. The van der Waals surface area contributed by atoms with Crippen molar-refractivity contribution in [2.24, 2.45) is 5.92 Å². The Hall–Kier alpha value is -1.77. The van der Waals surface area contributed by atoms with Gasteiger partial charge in [-0.2, -0.15) is 18.3 Å². The van der Waals surface area contributed by atoms with Gasteiger partial charge in [-0.05, 0) is 25.8 Å². The van der Waals surface area contributed by atoms with Gasteiger partial charge in [0.1, 0.15) is 0 Å². The molecule has 0 bridgehead atoms. The number of halogens is 3. The third kappa shape index (κ3) is 5.21. The molecule has 1 aliphatic heterocycles. The fraction of sp³-hybridized carbons (Fsp3) is 0.692. The molecular formula is C13H20F3N5O. The third-order valence-corrected chi connectivity index (χ3v) is 3.54. The van der Waals surface area contributed by atoms with Gasteiger partial charge in [0.05, 0.1) is 18.4 Å². The highest BCUT2D eigenvalue weighted by Crippen LogP contribution is 2.22. The molecule has 2 rings (SSSR count). The molecule has 124 valence electrons. The summed E-state index contributed by atoms with van der Waals surface area (Å²) in [5.74, 6) is 0.0477. The number of urea groups is 1. The number of nitrogens with zero attached hydrogens (tertiary/aromatic N) is 3. The van der Waals surface area contributed by atoms with Crippen LogP contribution in [0.5, 0.6) is 0 Å². The fourth-order valence-corrected chi connectivity index (χ4v) is 2.49. The smallest absolute Gasteiger partial charge is 0.338 e. The Bertz CT molecular complexity index is 502. The Labute approximate surface area is 126 Å². The summed E-state index contributed by atoms with van der Waals surface area (Å²) in [7, 11) is 0. The minimum absolute atomic E-state index is 0.0477. The Morgan fingerprint density at radius 1 is 1.50 bits per heavy atom. The van der Waals surface area contributed by atoms with Crippen LogP contribution in [-0.2, 0) is 6.54 Å². The van der Waals surface area contributed by atoms with Gasteiger partial charge in [-0.15, -0.1) is 0 Å². The fourth-order valence-electron chi connectivity index (χ4n) is 2.49. The van der Waals surface area contributed by atoms with Crippen LogP contribution in [0.2, 0.25) is 0 Å². The lowest BCUT2D eigenvalue weighted by molar-refractivity contribution is -0.143. The maximum atomic E-state index is 12.3. The zero-order valence-corrected chi connectivity index (χ0v) is 12.4. The van der Waals surface area contributed by atoms with Crippen molar-refractivity contribution in [1.29, 1.82) is 0 Å². The molecule has 9 heteroatoms. The average molecular weight is 319 g/mol.